The first kappa shape index (κ1) is 13.7. The van der Waals surface area contributed by atoms with Crippen molar-refractivity contribution in [1.82, 2.24) is 0 Å². The second-order valence-corrected chi connectivity index (χ2v) is 5.03. The number of nitrogens with zero attached hydrogens (tertiary/aromatic N) is 2. The molecule has 0 bridgehead atoms. The third kappa shape index (κ3) is 3.04. The van der Waals surface area contributed by atoms with Crippen LogP contribution in [0.2, 0.25) is 0 Å². The van der Waals surface area contributed by atoms with Crippen LogP contribution in [0.1, 0.15) is 37.3 Å². The van der Waals surface area contributed by atoms with Crippen molar-refractivity contribution in [3.05, 3.63) is 39.4 Å². The van der Waals surface area contributed by atoms with Gasteiger partial charge >= 0.3 is 0 Å². The third-order valence-corrected chi connectivity index (χ3v) is 4.23. The van der Waals surface area contributed by atoms with Crippen LogP contribution in [0.15, 0.2) is 18.2 Å². The number of hydrogen-bond donors (Lipinski definition) is 0. The van der Waals surface area contributed by atoms with E-state index in [-0.39, 0.29) is 16.4 Å². The number of non-ortho nitro benzene ring substituents is 1. The monoisotopic (exact) mass is 296 g/mol. The lowest BCUT2D eigenvalue weighted by Gasteiger charge is -2.18. The second-order valence-electron chi connectivity index (χ2n) is 3.85. The maximum Gasteiger partial charge on any atom is 0.270 e. The van der Waals surface area contributed by atoms with Crippen molar-refractivity contribution in [2.24, 2.45) is 0 Å². The van der Waals surface area contributed by atoms with Gasteiger partial charge < -0.3 is 0 Å². The van der Waals surface area contributed by atoms with Crippen LogP contribution in [-0.2, 0) is 0 Å². The van der Waals surface area contributed by atoms with Gasteiger partial charge in [-0.25, -0.2) is 0 Å². The summed E-state index contributed by atoms with van der Waals surface area (Å²) in [6.07, 6.45) is 0.934. The van der Waals surface area contributed by atoms with Gasteiger partial charge in [-0.05, 0) is 17.9 Å². The van der Waals surface area contributed by atoms with Gasteiger partial charge in [0.05, 0.1) is 16.6 Å². The van der Waals surface area contributed by atoms with Gasteiger partial charge in [0.15, 0.2) is 0 Å². The van der Waals surface area contributed by atoms with Crippen molar-refractivity contribution in [1.29, 1.82) is 5.26 Å². The lowest BCUT2D eigenvalue weighted by atomic mass is 9.92. The smallest absolute Gasteiger partial charge is 0.258 e. The molecule has 4 nitrogen and oxygen atoms in total. The summed E-state index contributed by atoms with van der Waals surface area (Å²) in [6, 6.07) is 6.48. The van der Waals surface area contributed by atoms with Gasteiger partial charge in [-0.3, -0.25) is 10.1 Å². The van der Waals surface area contributed by atoms with Crippen LogP contribution in [0.4, 0.5) is 5.69 Å². The number of halogens is 1. The summed E-state index contributed by atoms with van der Waals surface area (Å²) < 4.78 is 0. The molecule has 1 aromatic rings. The van der Waals surface area contributed by atoms with Crippen LogP contribution in [0.25, 0.3) is 0 Å². The maximum atomic E-state index is 10.6. The first-order chi connectivity index (χ1) is 8.01. The molecule has 1 rings (SSSR count). The molecule has 2 atom stereocenters. The average molecular weight is 297 g/mol. The Kier molecular flexibility index (Phi) is 4.64. The molecule has 0 radical (unpaired) electrons. The van der Waals surface area contributed by atoms with E-state index < -0.39 is 4.92 Å². The van der Waals surface area contributed by atoms with E-state index in [0.29, 0.717) is 5.56 Å². The third-order valence-electron chi connectivity index (χ3n) is 2.79. The van der Waals surface area contributed by atoms with Crippen molar-refractivity contribution < 1.29 is 4.92 Å². The van der Waals surface area contributed by atoms with Gasteiger partial charge in [-0.1, -0.05) is 35.8 Å². The minimum Gasteiger partial charge on any atom is -0.258 e. The standard InChI is InChI=1S/C12H13BrN2O2/c1-3-12(13)8(2)11-5-4-10(15(16)17)6-9(11)7-14/h4-6,8,12H,3H2,1-2H3. The van der Waals surface area contributed by atoms with Crippen molar-refractivity contribution in [2.45, 2.75) is 31.0 Å². The van der Waals surface area contributed by atoms with Gasteiger partial charge in [0.2, 0.25) is 0 Å². The molecular weight excluding hydrogens is 284 g/mol. The zero-order valence-electron chi connectivity index (χ0n) is 9.68. The van der Waals surface area contributed by atoms with Crippen molar-refractivity contribution in [3.63, 3.8) is 0 Å². The minimum atomic E-state index is -0.485. The Bertz CT molecular complexity index is 468. The molecule has 0 aliphatic heterocycles. The summed E-state index contributed by atoms with van der Waals surface area (Å²) in [6.45, 7) is 4.05. The van der Waals surface area contributed by atoms with E-state index in [1.807, 2.05) is 19.9 Å². The van der Waals surface area contributed by atoms with Crippen molar-refractivity contribution in [2.75, 3.05) is 0 Å². The minimum absolute atomic E-state index is 0.0416. The van der Waals surface area contributed by atoms with Crippen LogP contribution < -0.4 is 0 Å². The number of nitro benzene ring substituents is 1. The molecule has 0 aromatic heterocycles. The molecule has 2 unspecified atom stereocenters. The fraction of sp³-hybridized carbons (Fsp3) is 0.417. The Hall–Kier alpha value is -1.41. The molecule has 17 heavy (non-hydrogen) atoms. The van der Waals surface area contributed by atoms with E-state index in [0.717, 1.165) is 12.0 Å². The summed E-state index contributed by atoms with van der Waals surface area (Å²) in [5.74, 6) is 0.149. The Balaban J connectivity index is 3.18. The second kappa shape index (κ2) is 5.78. The predicted octanol–water partition coefficient (Wildman–Crippen LogP) is 3.74. The normalized spacial score (nSPS) is 13.8. The molecule has 0 heterocycles. The summed E-state index contributed by atoms with van der Waals surface area (Å²) in [5.41, 5.74) is 1.19. The van der Waals surface area contributed by atoms with Gasteiger partial charge in [0, 0.05) is 17.0 Å². The van der Waals surface area contributed by atoms with E-state index in [1.54, 1.807) is 6.07 Å². The van der Waals surface area contributed by atoms with E-state index in [9.17, 15) is 10.1 Å². The molecule has 0 fully saturated rings. The number of nitriles is 1. The molecule has 0 N–H and O–H groups in total. The van der Waals surface area contributed by atoms with Gasteiger partial charge in [-0.15, -0.1) is 0 Å². The van der Waals surface area contributed by atoms with Crippen LogP contribution in [0.3, 0.4) is 0 Å². The summed E-state index contributed by atoms with van der Waals surface area (Å²) >= 11 is 3.55. The number of nitro groups is 1. The molecule has 0 saturated carbocycles. The van der Waals surface area contributed by atoms with Crippen LogP contribution >= 0.6 is 15.9 Å². The highest BCUT2D eigenvalue weighted by molar-refractivity contribution is 9.09. The SMILES string of the molecule is CCC(Br)C(C)c1ccc([N+](=O)[O-])cc1C#N. The first-order valence-electron chi connectivity index (χ1n) is 5.33. The highest BCUT2D eigenvalue weighted by Crippen LogP contribution is 2.30. The Morgan fingerprint density at radius 3 is 2.71 bits per heavy atom. The molecule has 1 aromatic carbocycles. The Morgan fingerprint density at radius 1 is 1.59 bits per heavy atom. The number of hydrogen-bond acceptors (Lipinski definition) is 3. The Labute approximate surface area is 109 Å². The molecule has 0 aliphatic rings. The maximum absolute atomic E-state index is 10.6. The van der Waals surface area contributed by atoms with Crippen molar-refractivity contribution >= 4 is 21.6 Å². The molecule has 5 heteroatoms. The van der Waals surface area contributed by atoms with Crippen LogP contribution in [-0.4, -0.2) is 9.75 Å². The van der Waals surface area contributed by atoms with Crippen LogP contribution in [0.5, 0.6) is 0 Å². The molecule has 0 saturated heterocycles. The molecule has 0 aliphatic carbocycles. The van der Waals surface area contributed by atoms with E-state index in [2.05, 4.69) is 15.9 Å². The first-order valence-corrected chi connectivity index (χ1v) is 6.25. The lowest BCUT2D eigenvalue weighted by Crippen LogP contribution is -2.09. The quantitative estimate of drug-likeness (QED) is 0.483. The van der Waals surface area contributed by atoms with Crippen molar-refractivity contribution in [3.8, 4) is 6.07 Å². The number of alkyl halides is 1. The van der Waals surface area contributed by atoms with Gasteiger partial charge in [0.1, 0.15) is 0 Å². The van der Waals surface area contributed by atoms with E-state index in [1.165, 1.54) is 12.1 Å². The molecular formula is C12H13BrN2O2. The van der Waals surface area contributed by atoms with Gasteiger partial charge in [-0.2, -0.15) is 5.26 Å². The van der Waals surface area contributed by atoms with E-state index >= 15 is 0 Å². The van der Waals surface area contributed by atoms with Crippen LogP contribution in [0, 0.1) is 21.4 Å². The Morgan fingerprint density at radius 2 is 2.24 bits per heavy atom. The molecule has 0 spiro atoms. The summed E-state index contributed by atoms with van der Waals surface area (Å²) in [4.78, 5) is 10.4. The highest BCUT2D eigenvalue weighted by Gasteiger charge is 2.19. The topological polar surface area (TPSA) is 66.9 Å². The van der Waals surface area contributed by atoms with Gasteiger partial charge in [0.25, 0.3) is 5.69 Å². The average Bonchev–Trinajstić information content (AvgIpc) is 2.35. The summed E-state index contributed by atoms with van der Waals surface area (Å²) in [5, 5.41) is 19.7. The zero-order valence-corrected chi connectivity index (χ0v) is 11.3. The van der Waals surface area contributed by atoms with E-state index in [4.69, 9.17) is 5.26 Å². The lowest BCUT2D eigenvalue weighted by molar-refractivity contribution is -0.384. The molecule has 90 valence electrons. The number of benzene rings is 1. The fourth-order valence-electron chi connectivity index (χ4n) is 1.70. The largest absolute Gasteiger partial charge is 0.270 e. The fourth-order valence-corrected chi connectivity index (χ4v) is 1.98. The predicted molar refractivity (Wildman–Crippen MR) is 69.2 cm³/mol. The molecule has 0 amide bonds. The summed E-state index contributed by atoms with van der Waals surface area (Å²) in [7, 11) is 0. The zero-order chi connectivity index (χ0) is 13.0. The number of rotatable bonds is 4. The highest BCUT2D eigenvalue weighted by atomic mass is 79.9.